The van der Waals surface area contributed by atoms with Crippen LogP contribution in [0.3, 0.4) is 0 Å². The van der Waals surface area contributed by atoms with Crippen LogP contribution in [0.1, 0.15) is 6.92 Å². The molecule has 6 heteroatoms. The summed E-state index contributed by atoms with van der Waals surface area (Å²) >= 11 is 0. The Bertz CT molecular complexity index is 317. The average Bonchev–Trinajstić information content (AvgIpc) is 2.23. The fourth-order valence-corrected chi connectivity index (χ4v) is 1.03. The summed E-state index contributed by atoms with van der Waals surface area (Å²) in [6.07, 6.45) is 1.06. The van der Waals surface area contributed by atoms with Crippen molar-refractivity contribution in [3.63, 3.8) is 0 Å². The second-order valence-electron chi connectivity index (χ2n) is 3.25. The lowest BCUT2D eigenvalue weighted by Crippen LogP contribution is -2.25. The molecule has 0 aliphatic carbocycles. The topological polar surface area (TPSA) is 67.1 Å². The van der Waals surface area contributed by atoms with Gasteiger partial charge in [0.15, 0.2) is 11.6 Å². The molecule has 5 nitrogen and oxygen atoms in total. The molecular formula is C9H16FN5. The van der Waals surface area contributed by atoms with Crippen molar-refractivity contribution in [1.29, 1.82) is 0 Å². The first-order chi connectivity index (χ1) is 7.13. The number of aromatic nitrogens is 2. The third-order valence-corrected chi connectivity index (χ3v) is 2.09. The molecule has 84 valence electrons. The summed E-state index contributed by atoms with van der Waals surface area (Å²) in [6, 6.07) is 0. The highest BCUT2D eigenvalue weighted by Crippen LogP contribution is 2.09. The molecule has 0 saturated carbocycles. The number of nitrogens with zero attached hydrogens (tertiary/aromatic N) is 3. The normalized spacial score (nSPS) is 10.7. The number of nitrogen functional groups attached to an aromatic ring is 1. The maximum atomic E-state index is 13.1. The Morgan fingerprint density at radius 1 is 1.60 bits per heavy atom. The van der Waals surface area contributed by atoms with Crippen LogP contribution in [-0.2, 0) is 0 Å². The third-order valence-electron chi connectivity index (χ3n) is 2.09. The van der Waals surface area contributed by atoms with Gasteiger partial charge in [0, 0.05) is 13.1 Å². The lowest BCUT2D eigenvalue weighted by Gasteiger charge is -2.14. The monoisotopic (exact) mass is 213 g/mol. The fourth-order valence-electron chi connectivity index (χ4n) is 1.03. The van der Waals surface area contributed by atoms with Gasteiger partial charge < -0.3 is 16.0 Å². The Hall–Kier alpha value is -1.43. The maximum absolute atomic E-state index is 13.1. The van der Waals surface area contributed by atoms with Gasteiger partial charge in [-0.25, -0.2) is 9.37 Å². The lowest BCUT2D eigenvalue weighted by atomic mass is 10.5. The molecule has 1 heterocycles. The third kappa shape index (κ3) is 3.67. The second kappa shape index (κ2) is 5.45. The van der Waals surface area contributed by atoms with E-state index < -0.39 is 5.82 Å². The smallest absolute Gasteiger partial charge is 0.222 e. The number of hydrogen-bond donors (Lipinski definition) is 2. The average molecular weight is 213 g/mol. The molecule has 0 fully saturated rings. The van der Waals surface area contributed by atoms with Crippen LogP contribution in [0.2, 0.25) is 0 Å². The van der Waals surface area contributed by atoms with Crippen LogP contribution in [0.5, 0.6) is 0 Å². The number of likely N-dealkylation sites (N-methyl/N-ethyl adjacent to an activating group) is 1. The van der Waals surface area contributed by atoms with Crippen LogP contribution in [-0.4, -0.2) is 41.5 Å². The van der Waals surface area contributed by atoms with E-state index in [0.29, 0.717) is 6.54 Å². The number of anilines is 2. The first-order valence-electron chi connectivity index (χ1n) is 4.84. The van der Waals surface area contributed by atoms with E-state index in [1.807, 2.05) is 7.05 Å². The number of nitrogens with one attached hydrogen (secondary N) is 1. The van der Waals surface area contributed by atoms with Gasteiger partial charge in [0.25, 0.3) is 0 Å². The molecule has 3 N–H and O–H groups in total. The quantitative estimate of drug-likeness (QED) is 0.748. The Kier molecular flexibility index (Phi) is 4.23. The Morgan fingerprint density at radius 2 is 2.33 bits per heavy atom. The van der Waals surface area contributed by atoms with Crippen molar-refractivity contribution in [3.8, 4) is 0 Å². The summed E-state index contributed by atoms with van der Waals surface area (Å²) < 4.78 is 13.1. The van der Waals surface area contributed by atoms with Gasteiger partial charge in [-0.15, -0.1) is 0 Å². The van der Waals surface area contributed by atoms with E-state index in [0.717, 1.165) is 19.3 Å². The molecule has 0 unspecified atom stereocenters. The Balaban J connectivity index is 2.46. The van der Waals surface area contributed by atoms with Crippen LogP contribution >= 0.6 is 0 Å². The number of hydrogen-bond acceptors (Lipinski definition) is 5. The van der Waals surface area contributed by atoms with Crippen molar-refractivity contribution in [2.45, 2.75) is 6.92 Å². The van der Waals surface area contributed by atoms with E-state index in [9.17, 15) is 4.39 Å². The number of nitrogens with two attached hydrogens (primary N) is 1. The molecule has 1 aromatic rings. The number of halogens is 1. The molecule has 0 spiro atoms. The van der Waals surface area contributed by atoms with E-state index in [4.69, 9.17) is 5.73 Å². The summed E-state index contributed by atoms with van der Waals surface area (Å²) in [5.41, 5.74) is 5.35. The molecule has 0 aliphatic rings. The van der Waals surface area contributed by atoms with Gasteiger partial charge in [-0.05, 0) is 13.6 Å². The zero-order valence-corrected chi connectivity index (χ0v) is 9.00. The second-order valence-corrected chi connectivity index (χ2v) is 3.25. The maximum Gasteiger partial charge on any atom is 0.222 e. The van der Waals surface area contributed by atoms with Gasteiger partial charge >= 0.3 is 0 Å². The van der Waals surface area contributed by atoms with Gasteiger partial charge in [0.05, 0.1) is 6.20 Å². The SMILES string of the molecule is CCN(C)CCNc1nc(N)ncc1F. The van der Waals surface area contributed by atoms with E-state index in [2.05, 4.69) is 27.1 Å². The molecule has 0 saturated heterocycles. The predicted octanol–water partition coefficient (Wildman–Crippen LogP) is 0.562. The van der Waals surface area contributed by atoms with Crippen LogP contribution in [0, 0.1) is 5.82 Å². The summed E-state index contributed by atoms with van der Waals surface area (Å²) in [5.74, 6) is -0.252. The highest BCUT2D eigenvalue weighted by molar-refractivity contribution is 5.38. The minimum atomic E-state index is -0.483. The highest BCUT2D eigenvalue weighted by atomic mass is 19.1. The van der Waals surface area contributed by atoms with Crippen LogP contribution in [0.4, 0.5) is 16.2 Å². The van der Waals surface area contributed by atoms with Gasteiger partial charge in [-0.1, -0.05) is 6.92 Å². The highest BCUT2D eigenvalue weighted by Gasteiger charge is 2.04. The van der Waals surface area contributed by atoms with Crippen LogP contribution in [0.25, 0.3) is 0 Å². The van der Waals surface area contributed by atoms with Crippen molar-refractivity contribution in [2.75, 3.05) is 37.7 Å². The first kappa shape index (κ1) is 11.6. The molecule has 1 aromatic heterocycles. The first-order valence-corrected chi connectivity index (χ1v) is 4.84. The lowest BCUT2D eigenvalue weighted by molar-refractivity contribution is 0.366. The molecule has 0 aromatic carbocycles. The van der Waals surface area contributed by atoms with Crippen LogP contribution < -0.4 is 11.1 Å². The summed E-state index contributed by atoms with van der Waals surface area (Å²) in [4.78, 5) is 9.40. The largest absolute Gasteiger partial charge is 0.368 e. The van der Waals surface area contributed by atoms with Gasteiger partial charge in [-0.3, -0.25) is 0 Å². The summed E-state index contributed by atoms with van der Waals surface area (Å²) in [6.45, 7) is 4.46. The van der Waals surface area contributed by atoms with Crippen LogP contribution in [0.15, 0.2) is 6.20 Å². The van der Waals surface area contributed by atoms with E-state index in [1.54, 1.807) is 0 Å². The fraction of sp³-hybridized carbons (Fsp3) is 0.556. The standard InChI is InChI=1S/C9H16FN5/c1-3-15(2)5-4-12-8-7(10)6-13-9(11)14-8/h6H,3-5H2,1-2H3,(H3,11,12,13,14). The molecule has 0 aliphatic heterocycles. The van der Waals surface area contributed by atoms with Gasteiger partial charge in [0.1, 0.15) is 0 Å². The zero-order chi connectivity index (χ0) is 11.3. The molecule has 0 amide bonds. The summed E-state index contributed by atoms with van der Waals surface area (Å²) in [7, 11) is 1.99. The minimum Gasteiger partial charge on any atom is -0.368 e. The summed E-state index contributed by atoms with van der Waals surface area (Å²) in [5, 5.41) is 2.87. The molecular weight excluding hydrogens is 197 g/mol. The zero-order valence-electron chi connectivity index (χ0n) is 9.00. The van der Waals surface area contributed by atoms with Crippen molar-refractivity contribution >= 4 is 11.8 Å². The van der Waals surface area contributed by atoms with E-state index >= 15 is 0 Å². The molecule has 0 radical (unpaired) electrons. The van der Waals surface area contributed by atoms with Gasteiger partial charge in [-0.2, -0.15) is 4.98 Å². The predicted molar refractivity (Wildman–Crippen MR) is 58.1 cm³/mol. The Labute approximate surface area is 88.5 Å². The Morgan fingerprint density at radius 3 is 3.00 bits per heavy atom. The van der Waals surface area contributed by atoms with Gasteiger partial charge in [0.2, 0.25) is 5.95 Å². The molecule has 15 heavy (non-hydrogen) atoms. The van der Waals surface area contributed by atoms with E-state index in [1.165, 1.54) is 0 Å². The van der Waals surface area contributed by atoms with E-state index in [-0.39, 0.29) is 11.8 Å². The molecule has 0 bridgehead atoms. The van der Waals surface area contributed by atoms with Crippen molar-refractivity contribution < 1.29 is 4.39 Å². The molecule has 1 rings (SSSR count). The van der Waals surface area contributed by atoms with Crippen molar-refractivity contribution in [2.24, 2.45) is 0 Å². The van der Waals surface area contributed by atoms with Crippen molar-refractivity contribution in [1.82, 2.24) is 14.9 Å². The minimum absolute atomic E-state index is 0.0720. The van der Waals surface area contributed by atoms with Crippen molar-refractivity contribution in [3.05, 3.63) is 12.0 Å². The molecule has 0 atom stereocenters. The number of rotatable bonds is 5.